The molecule has 1 heterocycles. The van der Waals surface area contributed by atoms with Crippen LogP contribution in [-0.2, 0) is 9.59 Å². The SMILES string of the molecule is CCN1C(=O)NC(=O)C2(CC2)C1=O. The Morgan fingerprint density at radius 1 is 1.38 bits per heavy atom. The van der Waals surface area contributed by atoms with Crippen LogP contribution in [-0.4, -0.2) is 29.3 Å². The summed E-state index contributed by atoms with van der Waals surface area (Å²) >= 11 is 0. The average Bonchev–Trinajstić information content (AvgIpc) is 2.83. The van der Waals surface area contributed by atoms with Crippen LogP contribution >= 0.6 is 0 Å². The highest BCUT2D eigenvalue weighted by atomic mass is 16.2. The van der Waals surface area contributed by atoms with Crippen molar-refractivity contribution < 1.29 is 14.4 Å². The van der Waals surface area contributed by atoms with E-state index in [2.05, 4.69) is 5.32 Å². The molecule has 1 aliphatic heterocycles. The number of rotatable bonds is 1. The van der Waals surface area contributed by atoms with E-state index >= 15 is 0 Å². The van der Waals surface area contributed by atoms with E-state index in [0.29, 0.717) is 19.4 Å². The van der Waals surface area contributed by atoms with Crippen molar-refractivity contribution in [3.8, 4) is 0 Å². The van der Waals surface area contributed by atoms with Gasteiger partial charge in [-0.1, -0.05) is 0 Å². The smallest absolute Gasteiger partial charge is 0.277 e. The van der Waals surface area contributed by atoms with Crippen LogP contribution in [0.1, 0.15) is 19.8 Å². The molecule has 0 aromatic rings. The van der Waals surface area contributed by atoms with Gasteiger partial charge in [-0.2, -0.15) is 0 Å². The second kappa shape index (κ2) is 2.31. The Morgan fingerprint density at radius 3 is 2.46 bits per heavy atom. The van der Waals surface area contributed by atoms with Crippen molar-refractivity contribution >= 4 is 17.8 Å². The molecule has 5 heteroatoms. The summed E-state index contributed by atoms with van der Waals surface area (Å²) in [5.41, 5.74) is -0.885. The van der Waals surface area contributed by atoms with Gasteiger partial charge in [0.2, 0.25) is 11.8 Å². The van der Waals surface area contributed by atoms with Gasteiger partial charge in [0.15, 0.2) is 0 Å². The van der Waals surface area contributed by atoms with Crippen molar-refractivity contribution in [2.24, 2.45) is 5.41 Å². The molecule has 5 nitrogen and oxygen atoms in total. The van der Waals surface area contributed by atoms with E-state index < -0.39 is 17.4 Å². The van der Waals surface area contributed by atoms with Crippen molar-refractivity contribution in [3.63, 3.8) is 0 Å². The second-order valence-electron chi connectivity index (χ2n) is 3.39. The third-order valence-electron chi connectivity index (χ3n) is 2.62. The lowest BCUT2D eigenvalue weighted by atomic mass is 10.0. The summed E-state index contributed by atoms with van der Waals surface area (Å²) in [7, 11) is 0. The van der Waals surface area contributed by atoms with E-state index in [1.165, 1.54) is 0 Å². The van der Waals surface area contributed by atoms with Gasteiger partial charge in [-0.15, -0.1) is 0 Å². The molecule has 1 saturated carbocycles. The monoisotopic (exact) mass is 182 g/mol. The molecule has 1 aliphatic carbocycles. The third kappa shape index (κ3) is 0.897. The zero-order valence-electron chi connectivity index (χ0n) is 7.29. The molecule has 13 heavy (non-hydrogen) atoms. The highest BCUT2D eigenvalue weighted by Crippen LogP contribution is 2.48. The first kappa shape index (κ1) is 8.22. The largest absolute Gasteiger partial charge is 0.330 e. The van der Waals surface area contributed by atoms with Gasteiger partial charge in [-0.25, -0.2) is 4.79 Å². The molecule has 70 valence electrons. The maximum atomic E-state index is 11.6. The highest BCUT2D eigenvalue weighted by Gasteiger charge is 2.61. The molecule has 4 amide bonds. The lowest BCUT2D eigenvalue weighted by molar-refractivity contribution is -0.144. The van der Waals surface area contributed by atoms with E-state index in [4.69, 9.17) is 0 Å². The fourth-order valence-electron chi connectivity index (χ4n) is 1.59. The van der Waals surface area contributed by atoms with E-state index in [9.17, 15) is 14.4 Å². The van der Waals surface area contributed by atoms with Gasteiger partial charge in [0.25, 0.3) is 0 Å². The summed E-state index contributed by atoms with van der Waals surface area (Å²) in [5.74, 6) is -0.754. The summed E-state index contributed by atoms with van der Waals surface area (Å²) in [6, 6.07) is -0.588. The molecule has 1 spiro atoms. The summed E-state index contributed by atoms with van der Waals surface area (Å²) < 4.78 is 0. The van der Waals surface area contributed by atoms with Gasteiger partial charge >= 0.3 is 6.03 Å². The zero-order chi connectivity index (χ0) is 9.64. The number of hydrogen-bond donors (Lipinski definition) is 1. The van der Waals surface area contributed by atoms with Crippen molar-refractivity contribution in [3.05, 3.63) is 0 Å². The Morgan fingerprint density at radius 2 is 2.00 bits per heavy atom. The molecule has 0 bridgehead atoms. The minimum absolute atomic E-state index is 0.319. The molecule has 0 radical (unpaired) electrons. The Hall–Kier alpha value is -1.39. The summed E-state index contributed by atoms with van der Waals surface area (Å²) in [5, 5.41) is 2.19. The van der Waals surface area contributed by atoms with Gasteiger partial charge in [0, 0.05) is 6.54 Å². The lowest BCUT2D eigenvalue weighted by Crippen LogP contribution is -2.58. The van der Waals surface area contributed by atoms with E-state index in [-0.39, 0.29) is 5.91 Å². The fourth-order valence-corrected chi connectivity index (χ4v) is 1.59. The van der Waals surface area contributed by atoms with E-state index in [1.807, 2.05) is 0 Å². The van der Waals surface area contributed by atoms with E-state index in [0.717, 1.165) is 4.90 Å². The standard InChI is InChI=1S/C8H10N2O3/c1-2-10-6(12)8(3-4-8)5(11)9-7(10)13/h2-4H2,1H3,(H,9,11,13). The predicted octanol–water partition coefficient (Wildman–Crippen LogP) is -0.135. The first-order chi connectivity index (χ1) is 6.12. The number of barbiturate groups is 1. The molecule has 0 aromatic carbocycles. The molecular weight excluding hydrogens is 172 g/mol. The number of amides is 4. The van der Waals surface area contributed by atoms with Crippen LogP contribution in [0.5, 0.6) is 0 Å². The van der Waals surface area contributed by atoms with Gasteiger partial charge in [0.1, 0.15) is 5.41 Å². The molecular formula is C8H10N2O3. The predicted molar refractivity (Wildman–Crippen MR) is 42.6 cm³/mol. The first-order valence-electron chi connectivity index (χ1n) is 4.29. The zero-order valence-corrected chi connectivity index (χ0v) is 7.29. The number of nitrogens with zero attached hydrogens (tertiary/aromatic N) is 1. The van der Waals surface area contributed by atoms with Gasteiger partial charge in [-0.05, 0) is 19.8 Å². The Bertz CT molecular complexity index is 307. The molecule has 2 fully saturated rings. The van der Waals surface area contributed by atoms with Crippen LogP contribution < -0.4 is 5.32 Å². The highest BCUT2D eigenvalue weighted by molar-refractivity contribution is 6.20. The van der Waals surface area contributed by atoms with Crippen LogP contribution in [0.15, 0.2) is 0 Å². The van der Waals surface area contributed by atoms with Crippen LogP contribution in [0.3, 0.4) is 0 Å². The van der Waals surface area contributed by atoms with Crippen molar-refractivity contribution in [2.45, 2.75) is 19.8 Å². The number of hydrogen-bond acceptors (Lipinski definition) is 3. The normalized spacial score (nSPS) is 25.0. The average molecular weight is 182 g/mol. The van der Waals surface area contributed by atoms with Crippen LogP contribution in [0.2, 0.25) is 0 Å². The summed E-state index contributed by atoms with van der Waals surface area (Å²) in [6.45, 7) is 2.03. The molecule has 2 rings (SSSR count). The molecule has 1 saturated heterocycles. The minimum Gasteiger partial charge on any atom is -0.277 e. The molecule has 0 atom stereocenters. The molecule has 1 N–H and O–H groups in total. The number of nitrogens with one attached hydrogen (secondary N) is 1. The van der Waals surface area contributed by atoms with Crippen molar-refractivity contribution in [2.75, 3.05) is 6.54 Å². The maximum absolute atomic E-state index is 11.6. The van der Waals surface area contributed by atoms with Crippen molar-refractivity contribution in [1.82, 2.24) is 10.2 Å². The first-order valence-corrected chi connectivity index (χ1v) is 4.29. The van der Waals surface area contributed by atoms with E-state index in [1.54, 1.807) is 6.92 Å². The van der Waals surface area contributed by atoms with Gasteiger partial charge in [0.05, 0.1) is 0 Å². The number of carbonyl (C=O) groups is 3. The number of imide groups is 2. The molecule has 0 aromatic heterocycles. The lowest BCUT2D eigenvalue weighted by Gasteiger charge is -2.28. The molecule has 0 unspecified atom stereocenters. The van der Waals surface area contributed by atoms with Crippen LogP contribution in [0.4, 0.5) is 4.79 Å². The fraction of sp³-hybridized carbons (Fsp3) is 0.625. The quantitative estimate of drug-likeness (QED) is 0.574. The Balaban J connectivity index is 2.31. The van der Waals surface area contributed by atoms with Gasteiger partial charge in [-0.3, -0.25) is 19.8 Å². The summed E-state index contributed by atoms with van der Waals surface area (Å²) in [4.78, 5) is 35.1. The topological polar surface area (TPSA) is 66.5 Å². The third-order valence-corrected chi connectivity index (χ3v) is 2.62. The molecule has 2 aliphatic rings. The van der Waals surface area contributed by atoms with Crippen LogP contribution in [0.25, 0.3) is 0 Å². The van der Waals surface area contributed by atoms with Crippen LogP contribution in [0, 0.1) is 5.41 Å². The number of urea groups is 1. The second-order valence-corrected chi connectivity index (χ2v) is 3.39. The van der Waals surface area contributed by atoms with Crippen molar-refractivity contribution in [1.29, 1.82) is 0 Å². The van der Waals surface area contributed by atoms with Gasteiger partial charge < -0.3 is 0 Å². The minimum atomic E-state index is -0.885. The summed E-state index contributed by atoms with van der Waals surface area (Å²) in [6.07, 6.45) is 1.14. The number of carbonyl (C=O) groups excluding carboxylic acids is 3. The Labute approximate surface area is 75.1 Å². The maximum Gasteiger partial charge on any atom is 0.330 e. The Kier molecular flexibility index (Phi) is 1.46.